The molecule has 0 aliphatic carbocycles. The van der Waals surface area contributed by atoms with Crippen LogP contribution in [0.5, 0.6) is 0 Å². The highest BCUT2D eigenvalue weighted by molar-refractivity contribution is 7.13. The van der Waals surface area contributed by atoms with Gasteiger partial charge in [0.15, 0.2) is 5.13 Å². The summed E-state index contributed by atoms with van der Waals surface area (Å²) in [7, 11) is 0. The van der Waals surface area contributed by atoms with Crippen molar-refractivity contribution in [2.45, 2.75) is 26.2 Å². The second-order valence-corrected chi connectivity index (χ2v) is 7.76. The maximum Gasteiger partial charge on any atom is 0.227 e. The highest BCUT2D eigenvalue weighted by Crippen LogP contribution is 2.22. The zero-order chi connectivity index (χ0) is 20.6. The second kappa shape index (κ2) is 10.0. The Kier molecular flexibility index (Phi) is 7.19. The van der Waals surface area contributed by atoms with Crippen molar-refractivity contribution in [3.05, 3.63) is 41.4 Å². The molecule has 8 heteroatoms. The number of nitrogens with zero attached hydrogens (tertiary/aromatic N) is 5. The Bertz CT molecular complexity index is 869. The Morgan fingerprint density at radius 3 is 2.52 bits per heavy atom. The molecular formula is C21H25N5O2S. The van der Waals surface area contributed by atoms with E-state index < -0.39 is 0 Å². The van der Waals surface area contributed by atoms with Crippen molar-refractivity contribution in [3.63, 3.8) is 0 Å². The molecule has 2 aromatic rings. The summed E-state index contributed by atoms with van der Waals surface area (Å²) in [6.07, 6.45) is 0.586. The van der Waals surface area contributed by atoms with Gasteiger partial charge >= 0.3 is 0 Å². The number of amides is 2. The molecule has 7 nitrogen and oxygen atoms in total. The SMILES string of the molecule is Cc1csc(N2CCN(C(=O)CCC(=O)N(CCC#N)c3ccccc3)CC2)n1. The van der Waals surface area contributed by atoms with Crippen LogP contribution in [0.25, 0.3) is 0 Å². The van der Waals surface area contributed by atoms with Crippen LogP contribution < -0.4 is 9.80 Å². The fourth-order valence-electron chi connectivity index (χ4n) is 3.31. The Balaban J connectivity index is 1.50. The van der Waals surface area contributed by atoms with Crippen molar-refractivity contribution < 1.29 is 9.59 Å². The predicted molar refractivity (Wildman–Crippen MR) is 114 cm³/mol. The molecule has 1 saturated heterocycles. The van der Waals surface area contributed by atoms with Gasteiger partial charge in [0.1, 0.15) is 0 Å². The number of anilines is 2. The number of piperazine rings is 1. The maximum absolute atomic E-state index is 12.7. The number of aryl methyl sites for hydroxylation is 1. The first kappa shape index (κ1) is 20.8. The maximum atomic E-state index is 12.7. The van der Waals surface area contributed by atoms with Gasteiger partial charge in [-0.05, 0) is 19.1 Å². The molecule has 0 unspecified atom stereocenters. The van der Waals surface area contributed by atoms with Crippen LogP contribution in [0.2, 0.25) is 0 Å². The van der Waals surface area contributed by atoms with E-state index in [9.17, 15) is 9.59 Å². The molecule has 1 aliphatic heterocycles. The molecule has 0 spiro atoms. The number of hydrogen-bond donors (Lipinski definition) is 0. The van der Waals surface area contributed by atoms with Crippen molar-refractivity contribution in [2.24, 2.45) is 0 Å². The first-order valence-electron chi connectivity index (χ1n) is 9.75. The summed E-state index contributed by atoms with van der Waals surface area (Å²) in [6.45, 7) is 5.10. The molecule has 0 radical (unpaired) electrons. The first-order valence-corrected chi connectivity index (χ1v) is 10.6. The molecule has 0 saturated carbocycles. The average Bonchev–Trinajstić information content (AvgIpc) is 3.19. The number of carbonyl (C=O) groups is 2. The number of nitriles is 1. The summed E-state index contributed by atoms with van der Waals surface area (Å²) in [6, 6.07) is 11.4. The van der Waals surface area contributed by atoms with Gasteiger partial charge in [-0.1, -0.05) is 18.2 Å². The van der Waals surface area contributed by atoms with E-state index in [1.54, 1.807) is 16.2 Å². The van der Waals surface area contributed by atoms with Gasteiger partial charge < -0.3 is 14.7 Å². The molecule has 2 amide bonds. The summed E-state index contributed by atoms with van der Waals surface area (Å²) in [5.41, 5.74) is 1.77. The Morgan fingerprint density at radius 1 is 1.17 bits per heavy atom. The van der Waals surface area contributed by atoms with Gasteiger partial charge in [-0.25, -0.2) is 4.98 Å². The van der Waals surface area contributed by atoms with Crippen LogP contribution in [-0.4, -0.2) is 54.4 Å². The number of benzene rings is 1. The highest BCUT2D eigenvalue weighted by atomic mass is 32.1. The van der Waals surface area contributed by atoms with Crippen molar-refractivity contribution >= 4 is 34.0 Å². The van der Waals surface area contributed by atoms with E-state index in [1.807, 2.05) is 47.5 Å². The lowest BCUT2D eigenvalue weighted by atomic mass is 10.2. The van der Waals surface area contributed by atoms with E-state index in [0.29, 0.717) is 19.6 Å². The van der Waals surface area contributed by atoms with Gasteiger partial charge in [0.25, 0.3) is 0 Å². The van der Waals surface area contributed by atoms with E-state index in [4.69, 9.17) is 5.26 Å². The van der Waals surface area contributed by atoms with Gasteiger partial charge in [-0.2, -0.15) is 5.26 Å². The standard InChI is InChI=1S/C21H25N5O2S/c1-17-16-29-21(23-17)25-14-12-24(13-15-25)19(27)8-9-20(28)26(11-5-10-22)18-6-3-2-4-7-18/h2-4,6-7,16H,5,8-9,11-15H2,1H3. The number of rotatable bonds is 7. The summed E-state index contributed by atoms with van der Waals surface area (Å²) in [4.78, 5) is 35.4. The molecule has 0 N–H and O–H groups in total. The topological polar surface area (TPSA) is 80.5 Å². The monoisotopic (exact) mass is 411 g/mol. The van der Waals surface area contributed by atoms with Crippen LogP contribution in [0.4, 0.5) is 10.8 Å². The average molecular weight is 412 g/mol. The minimum absolute atomic E-state index is 0.00149. The summed E-state index contributed by atoms with van der Waals surface area (Å²) in [5.74, 6) is -0.127. The minimum Gasteiger partial charge on any atom is -0.345 e. The van der Waals surface area contributed by atoms with Gasteiger partial charge in [0.05, 0.1) is 18.2 Å². The Labute approximate surface area is 175 Å². The first-order chi connectivity index (χ1) is 14.1. The molecule has 2 heterocycles. The molecular weight excluding hydrogens is 386 g/mol. The van der Waals surface area contributed by atoms with Crippen molar-refractivity contribution in [3.8, 4) is 6.07 Å². The lowest BCUT2D eigenvalue weighted by molar-refractivity contribution is -0.133. The molecule has 0 atom stereocenters. The number of thiazole rings is 1. The zero-order valence-electron chi connectivity index (χ0n) is 16.6. The van der Waals surface area contributed by atoms with Crippen LogP contribution in [0.3, 0.4) is 0 Å². The van der Waals surface area contributed by atoms with E-state index >= 15 is 0 Å². The molecule has 0 bridgehead atoms. The van der Waals surface area contributed by atoms with Crippen LogP contribution in [-0.2, 0) is 9.59 Å². The van der Waals surface area contributed by atoms with E-state index in [-0.39, 0.29) is 31.1 Å². The molecule has 29 heavy (non-hydrogen) atoms. The fraction of sp³-hybridized carbons (Fsp3) is 0.429. The number of para-hydroxylation sites is 1. The number of aromatic nitrogens is 1. The second-order valence-electron chi connectivity index (χ2n) is 6.93. The van der Waals surface area contributed by atoms with E-state index in [1.165, 1.54) is 0 Å². The minimum atomic E-state index is -0.128. The van der Waals surface area contributed by atoms with Crippen LogP contribution in [0.15, 0.2) is 35.7 Å². The van der Waals surface area contributed by atoms with Gasteiger partial charge in [-0.3, -0.25) is 9.59 Å². The summed E-state index contributed by atoms with van der Waals surface area (Å²) in [5, 5.41) is 11.9. The third kappa shape index (κ3) is 5.55. The Morgan fingerprint density at radius 2 is 1.90 bits per heavy atom. The molecule has 1 aromatic carbocycles. The van der Waals surface area contributed by atoms with Gasteiger partial charge in [0, 0.05) is 56.6 Å². The zero-order valence-corrected chi connectivity index (χ0v) is 17.4. The molecule has 1 aromatic heterocycles. The Hall–Kier alpha value is -2.92. The van der Waals surface area contributed by atoms with Crippen molar-refractivity contribution in [1.29, 1.82) is 5.26 Å². The predicted octanol–water partition coefficient (Wildman–Crippen LogP) is 2.83. The van der Waals surface area contributed by atoms with Gasteiger partial charge in [0.2, 0.25) is 11.8 Å². The van der Waals surface area contributed by atoms with Crippen LogP contribution in [0.1, 0.15) is 25.0 Å². The van der Waals surface area contributed by atoms with Crippen molar-refractivity contribution in [2.75, 3.05) is 42.5 Å². The number of carbonyl (C=O) groups excluding carboxylic acids is 2. The summed E-state index contributed by atoms with van der Waals surface area (Å²) < 4.78 is 0. The molecule has 152 valence electrons. The smallest absolute Gasteiger partial charge is 0.227 e. The van der Waals surface area contributed by atoms with E-state index in [0.717, 1.165) is 29.6 Å². The normalized spacial score (nSPS) is 13.8. The lowest BCUT2D eigenvalue weighted by Crippen LogP contribution is -2.49. The van der Waals surface area contributed by atoms with Crippen LogP contribution in [0, 0.1) is 18.3 Å². The highest BCUT2D eigenvalue weighted by Gasteiger charge is 2.24. The number of hydrogen-bond acceptors (Lipinski definition) is 6. The third-order valence-electron chi connectivity index (χ3n) is 4.88. The largest absolute Gasteiger partial charge is 0.345 e. The molecule has 1 fully saturated rings. The third-order valence-corrected chi connectivity index (χ3v) is 5.90. The van der Waals surface area contributed by atoms with Gasteiger partial charge in [-0.15, -0.1) is 11.3 Å². The van der Waals surface area contributed by atoms with Crippen molar-refractivity contribution in [1.82, 2.24) is 9.88 Å². The quantitative estimate of drug-likeness (QED) is 0.700. The summed E-state index contributed by atoms with van der Waals surface area (Å²) >= 11 is 1.63. The molecule has 3 rings (SSSR count). The van der Waals surface area contributed by atoms with E-state index in [2.05, 4.69) is 16.0 Å². The van der Waals surface area contributed by atoms with Crippen LogP contribution >= 0.6 is 11.3 Å². The fourth-order valence-corrected chi connectivity index (χ4v) is 4.17. The molecule has 1 aliphatic rings. The lowest BCUT2D eigenvalue weighted by Gasteiger charge is -2.34.